The second-order valence-corrected chi connectivity index (χ2v) is 9.18. The zero-order chi connectivity index (χ0) is 17.6. The second kappa shape index (κ2) is 6.39. The average molecular weight is 363 g/mol. The predicted octanol–water partition coefficient (Wildman–Crippen LogP) is 1.13. The van der Waals surface area contributed by atoms with Crippen molar-refractivity contribution in [1.82, 2.24) is 14.1 Å². The first-order chi connectivity index (χ1) is 12.0. The van der Waals surface area contributed by atoms with E-state index in [2.05, 4.69) is 4.98 Å². The van der Waals surface area contributed by atoms with Crippen LogP contribution in [0.4, 0.5) is 0 Å². The number of nitrogens with zero attached hydrogens (tertiary/aromatic N) is 3. The van der Waals surface area contributed by atoms with Crippen molar-refractivity contribution >= 4 is 28.2 Å². The first-order valence-corrected chi connectivity index (χ1v) is 10.2. The molecule has 0 aromatic carbocycles. The first kappa shape index (κ1) is 17.0. The van der Waals surface area contributed by atoms with Gasteiger partial charge in [-0.05, 0) is 37.7 Å². The molecule has 2 aromatic heterocycles. The molecule has 1 N–H and O–H groups in total. The Bertz CT molecular complexity index is 855. The maximum atomic E-state index is 12.7. The van der Waals surface area contributed by atoms with Gasteiger partial charge in [0, 0.05) is 37.9 Å². The van der Waals surface area contributed by atoms with Crippen LogP contribution >= 0.6 is 0 Å². The Morgan fingerprint density at radius 1 is 1.32 bits per heavy atom. The molecule has 4 rings (SSSR count). The van der Waals surface area contributed by atoms with Crippen LogP contribution in [0, 0.1) is 0 Å². The van der Waals surface area contributed by atoms with Gasteiger partial charge in [0.1, 0.15) is 5.52 Å². The average Bonchev–Trinajstić information content (AvgIpc) is 2.97. The summed E-state index contributed by atoms with van der Waals surface area (Å²) in [6.45, 7) is 3.54. The van der Waals surface area contributed by atoms with E-state index in [0.29, 0.717) is 26.2 Å². The molecular formula is C16H22BN3O4S. The molecule has 0 spiro atoms. The molecule has 25 heavy (non-hydrogen) atoms. The van der Waals surface area contributed by atoms with Crippen molar-refractivity contribution in [3.63, 3.8) is 0 Å². The fourth-order valence-corrected chi connectivity index (χ4v) is 5.67. The normalized spacial score (nSPS) is 21.5. The van der Waals surface area contributed by atoms with E-state index in [0.717, 1.165) is 29.5 Å². The van der Waals surface area contributed by atoms with Crippen LogP contribution < -0.4 is 0 Å². The van der Waals surface area contributed by atoms with Gasteiger partial charge in [-0.2, -0.15) is 0 Å². The van der Waals surface area contributed by atoms with Gasteiger partial charge in [-0.15, -0.1) is 0 Å². The maximum absolute atomic E-state index is 12.7. The Balaban J connectivity index is 1.42. The standard InChI is InChI=1S/C16H22BN3O4S/c1-17(21)19-9-13(10-19)25(22,23)20-7-4-12(5-8-20)14-11-24-15-3-2-6-18-16(14)15/h2-3,6,11-13,21H,4-5,7-10H2,1H3. The van der Waals surface area contributed by atoms with Gasteiger partial charge in [-0.1, -0.05) is 0 Å². The molecule has 2 fully saturated rings. The summed E-state index contributed by atoms with van der Waals surface area (Å²) < 4.78 is 32.6. The minimum atomic E-state index is -3.28. The molecule has 0 bridgehead atoms. The Kier molecular flexibility index (Phi) is 4.35. The summed E-state index contributed by atoms with van der Waals surface area (Å²) in [5, 5.41) is 9.10. The van der Waals surface area contributed by atoms with Crippen LogP contribution in [-0.4, -0.2) is 66.0 Å². The van der Waals surface area contributed by atoms with Crippen molar-refractivity contribution in [2.75, 3.05) is 26.2 Å². The van der Waals surface area contributed by atoms with Gasteiger partial charge in [-0.3, -0.25) is 4.98 Å². The van der Waals surface area contributed by atoms with Crippen LogP contribution in [0.3, 0.4) is 0 Å². The molecule has 0 radical (unpaired) electrons. The second-order valence-electron chi connectivity index (χ2n) is 6.97. The zero-order valence-corrected chi connectivity index (χ0v) is 15.0. The predicted molar refractivity (Wildman–Crippen MR) is 95.7 cm³/mol. The van der Waals surface area contributed by atoms with Crippen molar-refractivity contribution in [3.05, 3.63) is 30.2 Å². The molecule has 2 saturated heterocycles. The molecule has 0 amide bonds. The van der Waals surface area contributed by atoms with E-state index in [9.17, 15) is 13.4 Å². The lowest BCUT2D eigenvalue weighted by atomic mass is 9.81. The highest BCUT2D eigenvalue weighted by Crippen LogP contribution is 2.35. The van der Waals surface area contributed by atoms with Crippen molar-refractivity contribution < 1.29 is 17.9 Å². The van der Waals surface area contributed by atoms with Crippen LogP contribution in [0.5, 0.6) is 0 Å². The van der Waals surface area contributed by atoms with Crippen LogP contribution in [0.2, 0.25) is 6.82 Å². The van der Waals surface area contributed by atoms with Crippen molar-refractivity contribution in [2.45, 2.75) is 30.8 Å². The molecular weight excluding hydrogens is 341 g/mol. The summed E-state index contributed by atoms with van der Waals surface area (Å²) in [7, 11) is -3.87. The highest BCUT2D eigenvalue weighted by molar-refractivity contribution is 7.89. The van der Waals surface area contributed by atoms with Gasteiger partial charge in [0.25, 0.3) is 0 Å². The molecule has 2 aliphatic heterocycles. The summed E-state index contributed by atoms with van der Waals surface area (Å²) in [5.74, 6) is 0.276. The number of hydrogen-bond acceptors (Lipinski definition) is 6. The summed E-state index contributed by atoms with van der Waals surface area (Å²) in [4.78, 5) is 6.17. The number of fused-ring (bicyclic) bond motifs is 1. The summed E-state index contributed by atoms with van der Waals surface area (Å²) >= 11 is 0. The van der Waals surface area contributed by atoms with Crippen LogP contribution in [0.1, 0.15) is 24.3 Å². The molecule has 2 aliphatic rings. The number of piperidine rings is 1. The third-order valence-corrected chi connectivity index (χ3v) is 7.66. The molecule has 0 aliphatic carbocycles. The fourth-order valence-electron chi connectivity index (χ4n) is 3.77. The largest absolute Gasteiger partial charge is 0.462 e. The number of rotatable bonds is 4. The molecule has 0 atom stereocenters. The number of sulfonamides is 1. The summed E-state index contributed by atoms with van der Waals surface area (Å²) in [6, 6.07) is 3.75. The van der Waals surface area contributed by atoms with Gasteiger partial charge >= 0.3 is 7.05 Å². The van der Waals surface area contributed by atoms with Crippen LogP contribution in [-0.2, 0) is 10.0 Å². The van der Waals surface area contributed by atoms with Crippen molar-refractivity contribution in [1.29, 1.82) is 0 Å². The van der Waals surface area contributed by atoms with E-state index in [4.69, 9.17) is 4.42 Å². The van der Waals surface area contributed by atoms with Crippen molar-refractivity contribution in [3.8, 4) is 0 Å². The Labute approximate surface area is 147 Å². The number of pyridine rings is 1. The molecule has 2 aromatic rings. The third kappa shape index (κ3) is 2.99. The highest BCUT2D eigenvalue weighted by Gasteiger charge is 2.43. The van der Waals surface area contributed by atoms with E-state index in [1.165, 1.54) is 0 Å². The number of aromatic nitrogens is 1. The van der Waals surface area contributed by atoms with E-state index in [1.54, 1.807) is 28.4 Å². The SMILES string of the molecule is CB(O)N1CC(S(=O)(=O)N2CCC(c3coc4cccnc34)CC2)C1. The topological polar surface area (TPSA) is 86.9 Å². The van der Waals surface area contributed by atoms with Crippen LogP contribution in [0.25, 0.3) is 11.1 Å². The minimum Gasteiger partial charge on any atom is -0.462 e. The van der Waals surface area contributed by atoms with Gasteiger partial charge in [-0.25, -0.2) is 12.7 Å². The minimum absolute atomic E-state index is 0.276. The van der Waals surface area contributed by atoms with Crippen molar-refractivity contribution in [2.24, 2.45) is 0 Å². The van der Waals surface area contributed by atoms with Crippen LogP contribution in [0.15, 0.2) is 29.0 Å². The molecule has 9 heteroatoms. The number of hydrogen-bond donors (Lipinski definition) is 1. The summed E-state index contributed by atoms with van der Waals surface area (Å²) in [6.07, 6.45) is 5.07. The highest BCUT2D eigenvalue weighted by atomic mass is 32.2. The Morgan fingerprint density at radius 2 is 2.04 bits per heavy atom. The van der Waals surface area contributed by atoms with E-state index in [-0.39, 0.29) is 5.92 Å². The Hall–Kier alpha value is -1.42. The Morgan fingerprint density at radius 3 is 2.72 bits per heavy atom. The third-order valence-electron chi connectivity index (χ3n) is 5.44. The first-order valence-electron chi connectivity index (χ1n) is 8.70. The molecule has 134 valence electrons. The van der Waals surface area contributed by atoms with Gasteiger partial charge in [0.05, 0.1) is 11.5 Å². The smallest absolute Gasteiger partial charge is 0.376 e. The molecule has 7 nitrogen and oxygen atoms in total. The lowest BCUT2D eigenvalue weighted by molar-refractivity contribution is 0.254. The lowest BCUT2D eigenvalue weighted by Gasteiger charge is -2.42. The van der Waals surface area contributed by atoms with E-state index < -0.39 is 22.3 Å². The van der Waals surface area contributed by atoms with Gasteiger partial charge in [0.15, 0.2) is 5.58 Å². The van der Waals surface area contributed by atoms with E-state index >= 15 is 0 Å². The molecule has 4 heterocycles. The van der Waals surface area contributed by atoms with E-state index in [1.807, 2.05) is 12.1 Å². The fraction of sp³-hybridized carbons (Fsp3) is 0.562. The van der Waals surface area contributed by atoms with Gasteiger partial charge < -0.3 is 14.3 Å². The zero-order valence-electron chi connectivity index (χ0n) is 14.2. The number of furan rings is 1. The lowest BCUT2D eigenvalue weighted by Crippen LogP contribution is -2.62. The quantitative estimate of drug-likeness (QED) is 0.820. The van der Waals surface area contributed by atoms with Gasteiger partial charge in [0.2, 0.25) is 10.0 Å². The molecule has 0 saturated carbocycles. The molecule has 0 unspecified atom stereocenters. The maximum Gasteiger partial charge on any atom is 0.376 e. The summed E-state index contributed by atoms with van der Waals surface area (Å²) in [5.41, 5.74) is 2.74. The monoisotopic (exact) mass is 363 g/mol.